The number of halogens is 1. The number of nitrogens with zero attached hydrogens (tertiary/aromatic N) is 4. The van der Waals surface area contributed by atoms with E-state index in [9.17, 15) is 9.90 Å². The third-order valence-corrected chi connectivity index (χ3v) is 10.9. The van der Waals surface area contributed by atoms with Gasteiger partial charge in [0.05, 0.1) is 23.2 Å². The Morgan fingerprint density at radius 2 is 2.02 bits per heavy atom. The van der Waals surface area contributed by atoms with Gasteiger partial charge < -0.3 is 19.6 Å². The van der Waals surface area contributed by atoms with E-state index >= 15 is 0 Å². The lowest BCUT2D eigenvalue weighted by Crippen LogP contribution is -2.48. The molecule has 7 nitrogen and oxygen atoms in total. The monoisotopic (exact) mass is 626 g/mol. The number of fused-ring (bicyclic) bond motifs is 3. The Labute approximate surface area is 249 Å². The van der Waals surface area contributed by atoms with E-state index in [1.165, 1.54) is 18.4 Å². The van der Waals surface area contributed by atoms with E-state index in [4.69, 9.17) is 14.7 Å². The molecule has 2 aliphatic heterocycles. The lowest BCUT2D eigenvalue weighted by Gasteiger charge is -2.43. The molecular weight excluding hydrogens is 588 g/mol. The van der Waals surface area contributed by atoms with Crippen LogP contribution >= 0.6 is 27.7 Å². The van der Waals surface area contributed by atoms with Crippen LogP contribution in [-0.2, 0) is 0 Å². The topological polar surface area (TPSA) is 78.8 Å². The summed E-state index contributed by atoms with van der Waals surface area (Å²) >= 11 is 5.58. The Bertz CT molecular complexity index is 1390. The Morgan fingerprint density at radius 3 is 2.62 bits per heavy atom. The second-order valence-corrected chi connectivity index (χ2v) is 14.7. The van der Waals surface area contributed by atoms with Crippen molar-refractivity contribution in [1.82, 2.24) is 14.9 Å². The molecule has 3 heterocycles. The summed E-state index contributed by atoms with van der Waals surface area (Å²) in [5, 5.41) is 11.4. The first kappa shape index (κ1) is 27.9. The number of thioether (sulfide) groups is 1. The SMILES string of the molecule is CCSc1nc(N2C[C@@H]3C[C@H]2CN3C(=O)O)c2cc(C3CC3)c(Br)c(OCC[C@]3(C(C)(C)C)C=CC=CC3)c2n1. The summed E-state index contributed by atoms with van der Waals surface area (Å²) in [5.41, 5.74) is 2.25. The Morgan fingerprint density at radius 1 is 1.23 bits per heavy atom. The third kappa shape index (κ3) is 4.91. The van der Waals surface area contributed by atoms with Crippen molar-refractivity contribution in [2.45, 2.75) is 83.0 Å². The van der Waals surface area contributed by atoms with Crippen LogP contribution in [-0.4, -0.2) is 63.6 Å². The number of piperazine rings is 1. The predicted molar refractivity (Wildman–Crippen MR) is 165 cm³/mol. The molecule has 1 saturated carbocycles. The van der Waals surface area contributed by atoms with Crippen molar-refractivity contribution in [3.05, 3.63) is 40.4 Å². The number of hydrogen-bond acceptors (Lipinski definition) is 6. The van der Waals surface area contributed by atoms with E-state index < -0.39 is 6.09 Å². The summed E-state index contributed by atoms with van der Waals surface area (Å²) in [5.74, 6) is 3.12. The Hall–Kier alpha value is -2.26. The average Bonchev–Trinajstić information content (AvgIpc) is 3.55. The fourth-order valence-electron chi connectivity index (χ4n) is 6.71. The molecule has 2 aromatic rings. The van der Waals surface area contributed by atoms with Crippen molar-refractivity contribution in [3.8, 4) is 5.75 Å². The molecule has 2 bridgehead atoms. The standard InChI is InChI=1S/C31H39BrN4O3S/c1-5-40-28-33-25-23(27(34-28)35-17-21-15-20(35)18-36(21)29(37)38)16-22(19-9-10-19)24(32)26(25)39-14-13-31(30(2,3)4)11-7-6-8-12-31/h6-8,11,16,19-21H,5,9-10,12-15,17-18H2,1-4H3,(H,37,38)/t20-,21-,31-/m0/s1. The van der Waals surface area contributed by atoms with Crippen LogP contribution in [0.5, 0.6) is 5.75 Å². The first-order chi connectivity index (χ1) is 19.1. The van der Waals surface area contributed by atoms with Crippen molar-refractivity contribution >= 4 is 50.5 Å². The van der Waals surface area contributed by atoms with Crippen LogP contribution in [0.25, 0.3) is 10.9 Å². The number of benzene rings is 1. The number of amides is 1. The molecule has 0 radical (unpaired) electrons. The number of carbonyl (C=O) groups is 1. The molecule has 40 heavy (non-hydrogen) atoms. The maximum Gasteiger partial charge on any atom is 0.407 e. The second-order valence-electron chi connectivity index (χ2n) is 12.7. The molecule has 214 valence electrons. The highest BCUT2D eigenvalue weighted by atomic mass is 79.9. The van der Waals surface area contributed by atoms with E-state index in [2.05, 4.69) is 78.9 Å². The molecule has 1 N–H and O–H groups in total. The summed E-state index contributed by atoms with van der Waals surface area (Å²) < 4.78 is 7.76. The maximum atomic E-state index is 11.7. The molecule has 2 saturated heterocycles. The molecule has 2 aliphatic carbocycles. The van der Waals surface area contributed by atoms with E-state index in [1.807, 2.05) is 0 Å². The molecule has 9 heteroatoms. The van der Waals surface area contributed by atoms with E-state index in [0.717, 1.165) is 57.1 Å². The third-order valence-electron chi connectivity index (χ3n) is 9.35. The number of ether oxygens (including phenoxy) is 1. The van der Waals surface area contributed by atoms with E-state index in [1.54, 1.807) is 16.7 Å². The summed E-state index contributed by atoms with van der Waals surface area (Å²) in [7, 11) is 0. The second kappa shape index (κ2) is 10.5. The normalized spacial score (nSPS) is 25.8. The first-order valence-corrected chi connectivity index (χ1v) is 16.3. The van der Waals surface area contributed by atoms with Crippen LogP contribution < -0.4 is 9.64 Å². The summed E-state index contributed by atoms with van der Waals surface area (Å²) in [6.45, 7) is 10.8. The number of aromatic nitrogens is 2. The van der Waals surface area contributed by atoms with Crippen LogP contribution in [0.2, 0.25) is 0 Å². The van der Waals surface area contributed by atoms with Gasteiger partial charge in [-0.15, -0.1) is 0 Å². The molecule has 1 amide bonds. The van der Waals surface area contributed by atoms with E-state index in [0.29, 0.717) is 25.6 Å². The number of carboxylic acid groups (broad SMARTS) is 1. The van der Waals surface area contributed by atoms with Gasteiger partial charge in [-0.05, 0) is 76.7 Å². The maximum absolute atomic E-state index is 11.7. The summed E-state index contributed by atoms with van der Waals surface area (Å²) in [6.07, 6.45) is 13.2. The number of hydrogen-bond donors (Lipinski definition) is 1. The molecule has 3 fully saturated rings. The van der Waals surface area contributed by atoms with Crippen LogP contribution in [0.4, 0.5) is 10.6 Å². The molecule has 4 aliphatic rings. The van der Waals surface area contributed by atoms with Gasteiger partial charge in [-0.25, -0.2) is 14.8 Å². The van der Waals surface area contributed by atoms with Gasteiger partial charge >= 0.3 is 6.09 Å². The highest BCUT2D eigenvalue weighted by Crippen LogP contribution is 2.51. The summed E-state index contributed by atoms with van der Waals surface area (Å²) in [6, 6.07) is 2.41. The minimum absolute atomic E-state index is 0.00931. The van der Waals surface area contributed by atoms with Crippen LogP contribution in [0, 0.1) is 10.8 Å². The van der Waals surface area contributed by atoms with Crippen LogP contribution in [0.1, 0.15) is 71.3 Å². The predicted octanol–water partition coefficient (Wildman–Crippen LogP) is 7.64. The van der Waals surface area contributed by atoms with Gasteiger partial charge in [-0.1, -0.05) is 63.8 Å². The smallest absolute Gasteiger partial charge is 0.407 e. The zero-order valence-electron chi connectivity index (χ0n) is 23.8. The number of rotatable bonds is 8. The highest BCUT2D eigenvalue weighted by Gasteiger charge is 2.47. The van der Waals surface area contributed by atoms with Crippen molar-refractivity contribution in [2.75, 3.05) is 30.3 Å². The first-order valence-electron chi connectivity index (χ1n) is 14.5. The minimum Gasteiger partial charge on any atom is -0.490 e. The van der Waals surface area contributed by atoms with Crippen molar-refractivity contribution in [3.63, 3.8) is 0 Å². The molecule has 6 rings (SSSR count). The number of anilines is 1. The zero-order valence-corrected chi connectivity index (χ0v) is 26.2. The summed E-state index contributed by atoms with van der Waals surface area (Å²) in [4.78, 5) is 25.8. The van der Waals surface area contributed by atoms with Gasteiger partial charge in [0.2, 0.25) is 0 Å². The highest BCUT2D eigenvalue weighted by molar-refractivity contribution is 9.10. The Balaban J connectivity index is 1.39. The molecule has 3 atom stereocenters. The molecule has 1 aromatic carbocycles. The van der Waals surface area contributed by atoms with Gasteiger partial charge in [-0.2, -0.15) is 0 Å². The molecule has 1 aromatic heterocycles. The molecule has 0 unspecified atom stereocenters. The van der Waals surface area contributed by atoms with Crippen LogP contribution in [0.15, 0.2) is 40.0 Å². The number of allylic oxidation sites excluding steroid dienone is 4. The average molecular weight is 628 g/mol. The lowest BCUT2D eigenvalue weighted by atomic mass is 9.62. The van der Waals surface area contributed by atoms with Gasteiger partial charge in [-0.3, -0.25) is 0 Å². The number of likely N-dealkylation sites (tertiary alicyclic amines) is 1. The van der Waals surface area contributed by atoms with Crippen molar-refractivity contribution in [2.24, 2.45) is 10.8 Å². The van der Waals surface area contributed by atoms with E-state index in [-0.39, 0.29) is 22.9 Å². The largest absolute Gasteiger partial charge is 0.490 e. The molecule has 0 spiro atoms. The van der Waals surface area contributed by atoms with Gasteiger partial charge in [0.15, 0.2) is 10.9 Å². The minimum atomic E-state index is -0.825. The zero-order chi connectivity index (χ0) is 28.2. The molecular formula is C31H39BrN4O3S. The fraction of sp³-hybridized carbons (Fsp3) is 0.581. The fourth-order valence-corrected chi connectivity index (χ4v) is 8.02. The van der Waals surface area contributed by atoms with Gasteiger partial charge in [0.1, 0.15) is 11.3 Å². The van der Waals surface area contributed by atoms with Crippen LogP contribution in [0.3, 0.4) is 0 Å². The quantitative estimate of drug-likeness (QED) is 0.238. The van der Waals surface area contributed by atoms with Gasteiger partial charge in [0.25, 0.3) is 0 Å². The lowest BCUT2D eigenvalue weighted by molar-refractivity contribution is 0.108. The van der Waals surface area contributed by atoms with Gasteiger partial charge in [0, 0.05) is 23.9 Å². The van der Waals surface area contributed by atoms with Crippen molar-refractivity contribution in [1.29, 1.82) is 0 Å². The Kier molecular flexibility index (Phi) is 7.35. The van der Waals surface area contributed by atoms with Crippen molar-refractivity contribution < 1.29 is 14.6 Å².